The van der Waals surface area contributed by atoms with Gasteiger partial charge >= 0.3 is 0 Å². The van der Waals surface area contributed by atoms with Gasteiger partial charge in [0.2, 0.25) is 17.7 Å². The first-order chi connectivity index (χ1) is 17.5. The highest BCUT2D eigenvalue weighted by molar-refractivity contribution is 5.95. The molecule has 1 aliphatic carbocycles. The van der Waals surface area contributed by atoms with E-state index in [1.54, 1.807) is 33.7 Å². The van der Waals surface area contributed by atoms with Crippen molar-refractivity contribution in [1.82, 2.24) is 35.0 Å². The molecule has 4 atom stereocenters. The molecule has 0 radical (unpaired) electrons. The molecule has 2 aliphatic heterocycles. The summed E-state index contributed by atoms with van der Waals surface area (Å²) in [6, 6.07) is -1.74. The normalized spacial score (nSPS) is 25.4. The first-order valence-corrected chi connectivity index (χ1v) is 13.0. The molecule has 4 heterocycles. The van der Waals surface area contributed by atoms with Gasteiger partial charge in [0.25, 0.3) is 0 Å². The number of piperidine rings is 1. The van der Waals surface area contributed by atoms with Crippen molar-refractivity contribution in [3.05, 3.63) is 24.3 Å². The van der Waals surface area contributed by atoms with Crippen LogP contribution in [-0.4, -0.2) is 83.8 Å². The Morgan fingerprint density at radius 1 is 1.16 bits per heavy atom. The molecule has 1 saturated carbocycles. The molecule has 0 aromatic carbocycles. The Morgan fingerprint density at radius 3 is 2.57 bits per heavy atom. The van der Waals surface area contributed by atoms with Crippen LogP contribution in [-0.2, 0) is 21.4 Å². The number of likely N-dealkylation sites (tertiary alicyclic amines) is 1. The molecule has 2 saturated heterocycles. The third kappa shape index (κ3) is 5.25. The minimum absolute atomic E-state index is 0.0157. The highest BCUT2D eigenvalue weighted by Gasteiger charge is 2.46. The van der Waals surface area contributed by atoms with Gasteiger partial charge in [-0.05, 0) is 24.7 Å². The number of amides is 3. The molecule has 0 spiro atoms. The molecule has 3 fully saturated rings. The number of nitrogens with zero attached hydrogens (tertiary/aromatic N) is 7. The lowest BCUT2D eigenvalue weighted by Crippen LogP contribution is -2.55. The number of hydrogen-bond acceptors (Lipinski definition) is 7. The third-order valence-electron chi connectivity index (χ3n) is 7.47. The summed E-state index contributed by atoms with van der Waals surface area (Å²) < 4.78 is 3.25. The van der Waals surface area contributed by atoms with E-state index in [9.17, 15) is 19.5 Å². The van der Waals surface area contributed by atoms with Crippen LogP contribution in [0, 0.1) is 5.41 Å². The van der Waals surface area contributed by atoms with Gasteiger partial charge < -0.3 is 20.2 Å². The second-order valence-electron chi connectivity index (χ2n) is 11.7. The molecule has 5 rings (SSSR count). The quantitative estimate of drug-likeness (QED) is 0.582. The van der Waals surface area contributed by atoms with Gasteiger partial charge in [0.1, 0.15) is 12.1 Å². The van der Waals surface area contributed by atoms with E-state index in [1.807, 2.05) is 27.0 Å². The molecule has 3 aliphatic rings. The molecule has 3 amide bonds. The van der Waals surface area contributed by atoms with Gasteiger partial charge in [-0.25, -0.2) is 4.68 Å². The lowest BCUT2D eigenvalue weighted by Gasteiger charge is -2.36. The lowest BCUT2D eigenvalue weighted by molar-refractivity contribution is -0.144. The number of anilines is 1. The van der Waals surface area contributed by atoms with Crippen LogP contribution in [0.15, 0.2) is 18.6 Å². The molecule has 2 aromatic heterocycles. The Bertz CT molecular complexity index is 1180. The Labute approximate surface area is 216 Å². The maximum atomic E-state index is 13.9. The van der Waals surface area contributed by atoms with Gasteiger partial charge in [-0.15, -0.1) is 5.10 Å². The molecule has 0 bridgehead atoms. The smallest absolute Gasteiger partial charge is 0.248 e. The molecular formula is C25H36N8O4. The van der Waals surface area contributed by atoms with E-state index in [-0.39, 0.29) is 36.7 Å². The van der Waals surface area contributed by atoms with Gasteiger partial charge in [0, 0.05) is 57.3 Å². The van der Waals surface area contributed by atoms with Crippen LogP contribution in [0.1, 0.15) is 70.5 Å². The molecule has 12 nitrogen and oxygen atoms in total. The first-order valence-electron chi connectivity index (χ1n) is 13.0. The average molecular weight is 513 g/mol. The largest absolute Gasteiger partial charge is 0.391 e. The predicted octanol–water partition coefficient (Wildman–Crippen LogP) is 0.750. The molecular weight excluding hydrogens is 476 g/mol. The monoisotopic (exact) mass is 512 g/mol. The van der Waals surface area contributed by atoms with Crippen molar-refractivity contribution in [3.63, 3.8) is 0 Å². The number of aromatic nitrogens is 5. The lowest BCUT2D eigenvalue weighted by atomic mass is 9.85. The molecule has 37 heavy (non-hydrogen) atoms. The number of carbonyl (C=O) groups is 3. The van der Waals surface area contributed by atoms with Gasteiger partial charge in [0.05, 0.1) is 23.7 Å². The highest BCUT2D eigenvalue weighted by Crippen LogP contribution is 2.40. The summed E-state index contributed by atoms with van der Waals surface area (Å²) in [5.74, 6) is -0.184. The number of carbonyl (C=O) groups excluding carboxylic acids is 3. The number of aliphatic hydroxyl groups is 1. The SMILES string of the molecule is Cn1cc(N2CC(NC(=O)C3CC(O)CN3C(=O)[C@@H](n3cc(C4CC4)nn3)C(C)(C)C)CCC2=O)cn1. The predicted molar refractivity (Wildman–Crippen MR) is 133 cm³/mol. The second-order valence-corrected chi connectivity index (χ2v) is 11.7. The second kappa shape index (κ2) is 9.55. The van der Waals surface area contributed by atoms with Crippen LogP contribution in [0.3, 0.4) is 0 Å². The zero-order valence-electron chi connectivity index (χ0n) is 21.9. The zero-order chi connectivity index (χ0) is 26.5. The van der Waals surface area contributed by atoms with Crippen molar-refractivity contribution >= 4 is 23.4 Å². The van der Waals surface area contributed by atoms with Gasteiger partial charge in [-0.3, -0.25) is 19.1 Å². The van der Waals surface area contributed by atoms with Crippen LogP contribution in [0.25, 0.3) is 0 Å². The highest BCUT2D eigenvalue weighted by atomic mass is 16.3. The fraction of sp³-hybridized carbons (Fsp3) is 0.680. The van der Waals surface area contributed by atoms with E-state index >= 15 is 0 Å². The summed E-state index contributed by atoms with van der Waals surface area (Å²) >= 11 is 0. The van der Waals surface area contributed by atoms with E-state index < -0.39 is 23.6 Å². The minimum atomic E-state index is -0.803. The number of β-amino-alcohol motifs (C(OH)–C–C–N with tert-alkyl or cyclic N) is 1. The standard InChI is InChI=1S/C25H36N8O4/c1-25(2,3)22(33-14-19(28-29-33)15-5-6-15)24(37)32-13-18(34)9-20(32)23(36)27-16-7-8-21(35)31(11-16)17-10-26-30(4)12-17/h10,12,14-16,18,20,22,34H,5-9,11,13H2,1-4H3,(H,27,36)/t16?,18?,20?,22-/m1/s1. The van der Waals surface area contributed by atoms with E-state index in [2.05, 4.69) is 20.7 Å². The van der Waals surface area contributed by atoms with E-state index in [4.69, 9.17) is 0 Å². The van der Waals surface area contributed by atoms with Crippen molar-refractivity contribution in [2.24, 2.45) is 12.5 Å². The van der Waals surface area contributed by atoms with Crippen LogP contribution in [0.4, 0.5) is 5.69 Å². The number of aliphatic hydroxyl groups excluding tert-OH is 1. The van der Waals surface area contributed by atoms with E-state index in [0.29, 0.717) is 31.0 Å². The summed E-state index contributed by atoms with van der Waals surface area (Å²) in [5.41, 5.74) is 1.09. The number of hydrogen-bond donors (Lipinski definition) is 2. The third-order valence-corrected chi connectivity index (χ3v) is 7.47. The Morgan fingerprint density at radius 2 is 1.92 bits per heavy atom. The van der Waals surface area contributed by atoms with Gasteiger partial charge in [0.15, 0.2) is 0 Å². The first kappa shape index (κ1) is 25.4. The zero-order valence-corrected chi connectivity index (χ0v) is 21.9. The minimum Gasteiger partial charge on any atom is -0.391 e. The summed E-state index contributed by atoms with van der Waals surface area (Å²) in [7, 11) is 1.78. The molecule has 12 heteroatoms. The Balaban J connectivity index is 1.31. The van der Waals surface area contributed by atoms with Crippen molar-refractivity contribution in [2.75, 3.05) is 18.0 Å². The van der Waals surface area contributed by atoms with Gasteiger partial charge in [-0.1, -0.05) is 26.0 Å². The Kier molecular flexibility index (Phi) is 6.55. The number of aryl methyl sites for hydroxylation is 1. The van der Waals surface area contributed by atoms with Crippen molar-refractivity contribution in [1.29, 1.82) is 0 Å². The van der Waals surface area contributed by atoms with Crippen molar-refractivity contribution in [2.45, 2.75) is 83.0 Å². The van der Waals surface area contributed by atoms with Crippen molar-refractivity contribution < 1.29 is 19.5 Å². The van der Waals surface area contributed by atoms with Crippen LogP contribution < -0.4 is 10.2 Å². The van der Waals surface area contributed by atoms with Crippen LogP contribution in [0.5, 0.6) is 0 Å². The summed E-state index contributed by atoms with van der Waals surface area (Å²) in [6.45, 7) is 6.29. The summed E-state index contributed by atoms with van der Waals surface area (Å²) in [5, 5.41) is 26.2. The van der Waals surface area contributed by atoms with Gasteiger partial charge in [-0.2, -0.15) is 5.10 Å². The maximum absolute atomic E-state index is 13.9. The number of rotatable bonds is 6. The van der Waals surface area contributed by atoms with E-state index in [1.165, 1.54) is 4.90 Å². The molecule has 3 unspecified atom stereocenters. The summed E-state index contributed by atoms with van der Waals surface area (Å²) in [4.78, 5) is 43.0. The molecule has 200 valence electrons. The van der Waals surface area contributed by atoms with E-state index in [0.717, 1.165) is 18.5 Å². The fourth-order valence-corrected chi connectivity index (χ4v) is 5.38. The van der Waals surface area contributed by atoms with Crippen molar-refractivity contribution in [3.8, 4) is 0 Å². The topological polar surface area (TPSA) is 138 Å². The van der Waals surface area contributed by atoms with Crippen LogP contribution >= 0.6 is 0 Å². The fourth-order valence-electron chi connectivity index (χ4n) is 5.38. The molecule has 2 N–H and O–H groups in total. The molecule has 2 aromatic rings. The van der Waals surface area contributed by atoms with Crippen LogP contribution in [0.2, 0.25) is 0 Å². The Hall–Kier alpha value is -3.28. The maximum Gasteiger partial charge on any atom is 0.248 e. The summed E-state index contributed by atoms with van der Waals surface area (Å²) in [6.07, 6.45) is 7.59. The number of nitrogens with one attached hydrogen (secondary N) is 1. The average Bonchev–Trinajstić information content (AvgIpc) is 3.20.